The van der Waals surface area contributed by atoms with Gasteiger partial charge < -0.3 is 4.74 Å². The molecule has 0 spiro atoms. The maximum absolute atomic E-state index is 13.2. The van der Waals surface area contributed by atoms with E-state index in [1.807, 2.05) is 24.3 Å². The molecule has 0 aliphatic carbocycles. The van der Waals surface area contributed by atoms with E-state index in [0.29, 0.717) is 16.6 Å². The lowest BCUT2D eigenvalue weighted by Gasteiger charge is -2.27. The van der Waals surface area contributed by atoms with Crippen molar-refractivity contribution in [2.75, 3.05) is 44.3 Å². The number of morpholine rings is 1. The van der Waals surface area contributed by atoms with E-state index in [0.717, 1.165) is 60.8 Å². The summed E-state index contributed by atoms with van der Waals surface area (Å²) in [7, 11) is 0. The quantitative estimate of drug-likeness (QED) is 0.384. The van der Waals surface area contributed by atoms with E-state index in [1.54, 1.807) is 4.90 Å². The van der Waals surface area contributed by atoms with Crippen LogP contribution in [0, 0.1) is 10.1 Å². The highest BCUT2D eigenvalue weighted by Gasteiger charge is 2.25. The first kappa shape index (κ1) is 22.6. The molecule has 1 saturated heterocycles. The van der Waals surface area contributed by atoms with Gasteiger partial charge in [0.25, 0.3) is 5.91 Å². The number of amides is 1. The van der Waals surface area contributed by atoms with Crippen molar-refractivity contribution >= 4 is 61.3 Å². The highest BCUT2D eigenvalue weighted by atomic mass is 35.5. The van der Waals surface area contributed by atoms with Crippen molar-refractivity contribution in [3.63, 3.8) is 0 Å². The van der Waals surface area contributed by atoms with Gasteiger partial charge in [-0.1, -0.05) is 34.8 Å². The van der Waals surface area contributed by atoms with Crippen molar-refractivity contribution in [3.8, 4) is 0 Å². The second kappa shape index (κ2) is 10.3. The number of nitro groups is 1. The molecule has 3 aromatic rings. The van der Waals surface area contributed by atoms with Crippen molar-refractivity contribution in [1.82, 2.24) is 9.88 Å². The molecular formula is C19H21ClN4O4S2. The number of thiophene rings is 1. The third-order valence-electron chi connectivity index (χ3n) is 4.70. The number of aromatic nitrogens is 1. The molecule has 1 aliphatic rings. The molecule has 0 radical (unpaired) electrons. The van der Waals surface area contributed by atoms with Crippen molar-refractivity contribution in [2.24, 2.45) is 0 Å². The molecule has 2 aromatic heterocycles. The van der Waals surface area contributed by atoms with E-state index >= 15 is 0 Å². The average molecular weight is 469 g/mol. The minimum atomic E-state index is -0.470. The van der Waals surface area contributed by atoms with Gasteiger partial charge in [-0.2, -0.15) is 0 Å². The van der Waals surface area contributed by atoms with Crippen LogP contribution < -0.4 is 4.90 Å². The van der Waals surface area contributed by atoms with Crippen LogP contribution >= 0.6 is 35.1 Å². The molecule has 1 fully saturated rings. The monoisotopic (exact) mass is 468 g/mol. The number of carbonyl (C=O) groups excluding carboxylic acids is 1. The number of ether oxygens (including phenoxy) is 1. The van der Waals surface area contributed by atoms with Crippen LogP contribution in [-0.4, -0.2) is 60.1 Å². The first-order valence-electron chi connectivity index (χ1n) is 9.33. The number of para-hydroxylation sites is 1. The fourth-order valence-corrected chi connectivity index (χ4v) is 4.97. The smallest absolute Gasteiger partial charge is 0.324 e. The Labute approximate surface area is 187 Å². The number of nitrogens with zero attached hydrogens (tertiary/aromatic N) is 4. The standard InChI is InChI=1S/C19H20N4O4S2.ClH/c24-18(16-6-7-17(28-16)23(25)26)22(9-3-8-21-10-12-27-13-11-21)19-20-14-4-1-2-5-15(14)29-19;/h1-2,4-7H,3,8-13H2;1H. The van der Waals surface area contributed by atoms with Crippen LogP contribution in [0.3, 0.4) is 0 Å². The fourth-order valence-electron chi connectivity index (χ4n) is 3.21. The number of anilines is 1. The molecule has 3 heterocycles. The summed E-state index contributed by atoms with van der Waals surface area (Å²) >= 11 is 2.36. The Morgan fingerprint density at radius 2 is 1.97 bits per heavy atom. The molecule has 30 heavy (non-hydrogen) atoms. The third-order valence-corrected chi connectivity index (χ3v) is 6.79. The molecular weight excluding hydrogens is 448 g/mol. The van der Waals surface area contributed by atoms with E-state index in [-0.39, 0.29) is 23.3 Å². The molecule has 4 rings (SSSR count). The lowest BCUT2D eigenvalue weighted by Crippen LogP contribution is -2.39. The zero-order valence-corrected chi connectivity index (χ0v) is 18.5. The maximum atomic E-state index is 13.2. The Kier molecular flexibility index (Phi) is 7.73. The van der Waals surface area contributed by atoms with Crippen molar-refractivity contribution in [3.05, 3.63) is 51.4 Å². The summed E-state index contributed by atoms with van der Waals surface area (Å²) in [6, 6.07) is 10.6. The van der Waals surface area contributed by atoms with Gasteiger partial charge in [-0.3, -0.25) is 24.7 Å². The van der Waals surface area contributed by atoms with Crippen LogP contribution in [0.5, 0.6) is 0 Å². The Bertz CT molecular complexity index is 986. The van der Waals surface area contributed by atoms with E-state index in [9.17, 15) is 14.9 Å². The number of thiazole rings is 1. The predicted octanol–water partition coefficient (Wildman–Crippen LogP) is 4.06. The number of carbonyl (C=O) groups is 1. The van der Waals surface area contributed by atoms with Gasteiger partial charge >= 0.3 is 5.00 Å². The summed E-state index contributed by atoms with van der Waals surface area (Å²) in [5.74, 6) is -0.246. The Balaban J connectivity index is 0.00000256. The van der Waals surface area contributed by atoms with E-state index in [2.05, 4.69) is 9.88 Å². The highest BCUT2D eigenvalue weighted by molar-refractivity contribution is 7.22. The summed E-state index contributed by atoms with van der Waals surface area (Å²) in [5, 5.41) is 11.6. The zero-order valence-electron chi connectivity index (χ0n) is 16.1. The molecule has 0 atom stereocenters. The highest BCUT2D eigenvalue weighted by Crippen LogP contribution is 2.32. The SMILES string of the molecule is Cl.O=C(c1ccc([N+](=O)[O-])s1)N(CCCN1CCOCC1)c1nc2ccccc2s1. The van der Waals surface area contributed by atoms with Gasteiger partial charge in [-0.05, 0) is 24.6 Å². The van der Waals surface area contributed by atoms with Gasteiger partial charge in [0, 0.05) is 32.2 Å². The molecule has 1 amide bonds. The molecule has 0 unspecified atom stereocenters. The largest absolute Gasteiger partial charge is 0.379 e. The van der Waals surface area contributed by atoms with Crippen molar-refractivity contribution in [1.29, 1.82) is 0 Å². The minimum absolute atomic E-state index is 0. The van der Waals surface area contributed by atoms with Crippen LogP contribution in [-0.2, 0) is 4.74 Å². The first-order chi connectivity index (χ1) is 14.1. The zero-order chi connectivity index (χ0) is 20.2. The average Bonchev–Trinajstić information content (AvgIpc) is 3.39. The Morgan fingerprint density at radius 3 is 2.67 bits per heavy atom. The van der Waals surface area contributed by atoms with Crippen LogP contribution in [0.2, 0.25) is 0 Å². The second-order valence-electron chi connectivity index (χ2n) is 6.62. The molecule has 11 heteroatoms. The van der Waals surface area contributed by atoms with Crippen molar-refractivity contribution < 1.29 is 14.5 Å². The first-order valence-corrected chi connectivity index (χ1v) is 11.0. The van der Waals surface area contributed by atoms with Crippen LogP contribution in [0.4, 0.5) is 10.1 Å². The summed E-state index contributed by atoms with van der Waals surface area (Å²) < 4.78 is 6.38. The lowest BCUT2D eigenvalue weighted by atomic mass is 10.3. The molecule has 8 nitrogen and oxygen atoms in total. The van der Waals surface area contributed by atoms with E-state index < -0.39 is 4.92 Å². The molecule has 160 valence electrons. The number of hydrogen-bond acceptors (Lipinski definition) is 8. The number of fused-ring (bicyclic) bond motifs is 1. The van der Waals surface area contributed by atoms with Crippen molar-refractivity contribution in [2.45, 2.75) is 6.42 Å². The van der Waals surface area contributed by atoms with Gasteiger partial charge in [0.1, 0.15) is 0 Å². The van der Waals surface area contributed by atoms with Gasteiger partial charge in [0.15, 0.2) is 5.13 Å². The molecule has 0 N–H and O–H groups in total. The minimum Gasteiger partial charge on any atom is -0.379 e. The Hall–Kier alpha value is -2.11. The number of hydrogen-bond donors (Lipinski definition) is 0. The number of benzene rings is 1. The van der Waals surface area contributed by atoms with Crippen LogP contribution in [0.15, 0.2) is 36.4 Å². The van der Waals surface area contributed by atoms with Gasteiger partial charge in [0.05, 0.1) is 33.2 Å². The van der Waals surface area contributed by atoms with E-state index in [4.69, 9.17) is 4.74 Å². The van der Waals surface area contributed by atoms with Gasteiger partial charge in [0.2, 0.25) is 0 Å². The topological polar surface area (TPSA) is 88.8 Å². The van der Waals surface area contributed by atoms with Crippen LogP contribution in [0.25, 0.3) is 10.2 Å². The summed E-state index contributed by atoms with van der Waals surface area (Å²) in [4.78, 5) is 32.7. The normalized spacial score (nSPS) is 14.4. The molecule has 1 aromatic carbocycles. The molecule has 1 aliphatic heterocycles. The van der Waals surface area contributed by atoms with E-state index in [1.165, 1.54) is 23.5 Å². The van der Waals surface area contributed by atoms with Gasteiger partial charge in [-0.25, -0.2) is 4.98 Å². The fraction of sp³-hybridized carbons (Fsp3) is 0.368. The number of halogens is 1. The third kappa shape index (κ3) is 5.13. The maximum Gasteiger partial charge on any atom is 0.324 e. The molecule has 0 bridgehead atoms. The predicted molar refractivity (Wildman–Crippen MR) is 121 cm³/mol. The van der Waals surface area contributed by atoms with Gasteiger partial charge in [-0.15, -0.1) is 12.4 Å². The number of rotatable bonds is 7. The van der Waals surface area contributed by atoms with Crippen LogP contribution in [0.1, 0.15) is 16.1 Å². The summed E-state index contributed by atoms with van der Waals surface area (Å²) in [6.07, 6.45) is 0.787. The summed E-state index contributed by atoms with van der Waals surface area (Å²) in [5.41, 5.74) is 0.843. The Morgan fingerprint density at radius 1 is 1.20 bits per heavy atom. The lowest BCUT2D eigenvalue weighted by molar-refractivity contribution is -0.380. The molecule has 0 saturated carbocycles. The summed E-state index contributed by atoms with van der Waals surface area (Å²) in [6.45, 7) is 4.63. The second-order valence-corrected chi connectivity index (χ2v) is 8.69.